The van der Waals surface area contributed by atoms with Crippen molar-refractivity contribution in [3.63, 3.8) is 0 Å². The van der Waals surface area contributed by atoms with E-state index in [1.807, 2.05) is 12.1 Å². The lowest BCUT2D eigenvalue weighted by Gasteiger charge is -2.20. The third-order valence-electron chi connectivity index (χ3n) is 12.4. The number of rotatable bonds is 7. The Morgan fingerprint density at radius 1 is 0.302 bits per heavy atom. The van der Waals surface area contributed by atoms with Crippen LogP contribution in [0.4, 0.5) is 0 Å². The van der Waals surface area contributed by atoms with Crippen LogP contribution in [0.25, 0.3) is 111 Å². The van der Waals surface area contributed by atoms with Gasteiger partial charge in [0.15, 0.2) is 5.82 Å². The average Bonchev–Trinajstić information content (AvgIpc) is 3.87. The molecule has 0 N–H and O–H groups in total. The number of para-hydroxylation sites is 4. The summed E-state index contributed by atoms with van der Waals surface area (Å²) in [6.45, 7) is 2.14. The van der Waals surface area contributed by atoms with Gasteiger partial charge in [-0.2, -0.15) is 0 Å². The Kier molecular flexibility index (Phi) is 8.68. The predicted molar refractivity (Wildman–Crippen MR) is 263 cm³/mol. The highest BCUT2D eigenvalue weighted by molar-refractivity contribution is 6.12. The number of aromatic nitrogens is 4. The van der Waals surface area contributed by atoms with E-state index in [0.29, 0.717) is 5.82 Å². The van der Waals surface area contributed by atoms with Crippen LogP contribution >= 0.6 is 0 Å². The van der Waals surface area contributed by atoms with Crippen molar-refractivity contribution < 1.29 is 0 Å². The molecule has 63 heavy (non-hydrogen) atoms. The van der Waals surface area contributed by atoms with Crippen molar-refractivity contribution in [1.29, 1.82) is 0 Å². The van der Waals surface area contributed by atoms with Gasteiger partial charge in [0.2, 0.25) is 0 Å². The Hall–Kier alpha value is -8.34. The molecule has 0 bridgehead atoms. The maximum absolute atomic E-state index is 5.30. The second-order valence-corrected chi connectivity index (χ2v) is 16.3. The van der Waals surface area contributed by atoms with Crippen molar-refractivity contribution in [2.24, 2.45) is 0 Å². The zero-order valence-electron chi connectivity index (χ0n) is 34.7. The normalized spacial score (nSPS) is 11.6. The molecule has 0 radical (unpaired) electrons. The molecular formula is C59H40N4. The highest BCUT2D eigenvalue weighted by atomic mass is 15.0. The van der Waals surface area contributed by atoms with Gasteiger partial charge in [0, 0.05) is 49.4 Å². The van der Waals surface area contributed by atoms with Crippen molar-refractivity contribution in [2.75, 3.05) is 0 Å². The number of benzene rings is 9. The molecule has 4 heteroatoms. The lowest BCUT2D eigenvalue weighted by Crippen LogP contribution is -2.03. The minimum atomic E-state index is 0.668. The monoisotopic (exact) mass is 804 g/mol. The van der Waals surface area contributed by atoms with Crippen LogP contribution in [0, 0.1) is 6.92 Å². The summed E-state index contributed by atoms with van der Waals surface area (Å²) in [5.41, 5.74) is 17.4. The molecule has 12 aromatic rings. The molecule has 0 saturated carbocycles. The van der Waals surface area contributed by atoms with Crippen molar-refractivity contribution in [2.45, 2.75) is 6.92 Å². The standard InChI is InChI=1S/C59H40N4/c1-39-28-30-40(31-29-39)43-33-35-57-50(36-43)48-23-11-15-27-56(48)63(57)58-37-44(59-60-51(41-16-4-2-5-17-41)38-52(61-59)42-18-6-3-7-19-42)32-34-49(58)47-22-10-14-26-55(47)62-53-24-12-8-20-45(53)46-21-9-13-25-54(46)62/h2-38H,1H3. The van der Waals surface area contributed by atoms with Gasteiger partial charge in [-0.05, 0) is 66.6 Å². The Labute approximate surface area is 365 Å². The maximum Gasteiger partial charge on any atom is 0.160 e. The molecule has 0 fully saturated rings. The highest BCUT2D eigenvalue weighted by Gasteiger charge is 2.22. The van der Waals surface area contributed by atoms with Gasteiger partial charge < -0.3 is 9.13 Å². The van der Waals surface area contributed by atoms with Crippen molar-refractivity contribution in [3.8, 4) is 67.5 Å². The minimum absolute atomic E-state index is 0.668. The molecule has 0 aliphatic heterocycles. The molecule has 0 unspecified atom stereocenters. The first-order valence-electron chi connectivity index (χ1n) is 21.5. The summed E-state index contributed by atoms with van der Waals surface area (Å²) in [5.74, 6) is 0.668. The summed E-state index contributed by atoms with van der Waals surface area (Å²) in [4.78, 5) is 10.6. The fourth-order valence-corrected chi connectivity index (χ4v) is 9.41. The summed E-state index contributed by atoms with van der Waals surface area (Å²) in [6.07, 6.45) is 0. The van der Waals surface area contributed by atoms with Gasteiger partial charge >= 0.3 is 0 Å². The van der Waals surface area contributed by atoms with Crippen LogP contribution in [-0.4, -0.2) is 19.1 Å². The number of fused-ring (bicyclic) bond motifs is 6. The molecule has 4 nitrogen and oxygen atoms in total. The Morgan fingerprint density at radius 2 is 0.762 bits per heavy atom. The third-order valence-corrected chi connectivity index (χ3v) is 12.4. The molecule has 3 heterocycles. The van der Waals surface area contributed by atoms with Gasteiger partial charge in [0.1, 0.15) is 0 Å². The summed E-state index contributed by atoms with van der Waals surface area (Å²) < 4.78 is 4.88. The highest BCUT2D eigenvalue weighted by Crippen LogP contribution is 2.43. The van der Waals surface area contributed by atoms with E-state index < -0.39 is 0 Å². The van der Waals surface area contributed by atoms with E-state index in [4.69, 9.17) is 9.97 Å². The lowest BCUT2D eigenvalue weighted by molar-refractivity contribution is 1.15. The summed E-state index contributed by atoms with van der Waals surface area (Å²) in [5, 5.41) is 4.86. The van der Waals surface area contributed by atoms with Gasteiger partial charge in [0.25, 0.3) is 0 Å². The molecule has 12 rings (SSSR count). The van der Waals surface area contributed by atoms with E-state index in [2.05, 4.69) is 228 Å². The van der Waals surface area contributed by atoms with Gasteiger partial charge in [-0.25, -0.2) is 9.97 Å². The molecule has 9 aromatic carbocycles. The van der Waals surface area contributed by atoms with Crippen molar-refractivity contribution in [1.82, 2.24) is 19.1 Å². The summed E-state index contributed by atoms with van der Waals surface area (Å²) in [7, 11) is 0. The van der Waals surface area contributed by atoms with E-state index in [-0.39, 0.29) is 0 Å². The molecule has 0 saturated heterocycles. The zero-order valence-corrected chi connectivity index (χ0v) is 34.7. The molecule has 0 atom stereocenters. The molecule has 296 valence electrons. The number of hydrogen-bond donors (Lipinski definition) is 0. The molecule has 0 aliphatic carbocycles. The van der Waals surface area contributed by atoms with Crippen molar-refractivity contribution >= 4 is 43.6 Å². The van der Waals surface area contributed by atoms with Gasteiger partial charge in [-0.1, -0.05) is 181 Å². The topological polar surface area (TPSA) is 35.6 Å². The molecule has 0 spiro atoms. The largest absolute Gasteiger partial charge is 0.309 e. The Bertz CT molecular complexity index is 3560. The average molecular weight is 805 g/mol. The second-order valence-electron chi connectivity index (χ2n) is 16.3. The van der Waals surface area contributed by atoms with E-state index >= 15 is 0 Å². The van der Waals surface area contributed by atoms with Gasteiger partial charge in [0.05, 0.1) is 44.8 Å². The first kappa shape index (κ1) is 36.5. The fourth-order valence-electron chi connectivity index (χ4n) is 9.41. The quantitative estimate of drug-likeness (QED) is 0.161. The lowest BCUT2D eigenvalue weighted by atomic mass is 9.98. The number of nitrogens with zero attached hydrogens (tertiary/aromatic N) is 4. The fraction of sp³-hybridized carbons (Fsp3) is 0.0169. The van der Waals surface area contributed by atoms with Crippen LogP contribution < -0.4 is 0 Å². The third kappa shape index (κ3) is 6.23. The molecule has 0 amide bonds. The maximum atomic E-state index is 5.30. The van der Waals surface area contributed by atoms with Crippen molar-refractivity contribution in [3.05, 3.63) is 230 Å². The molecular weight excluding hydrogens is 765 g/mol. The van der Waals surface area contributed by atoms with Gasteiger partial charge in [-0.15, -0.1) is 0 Å². The second kappa shape index (κ2) is 15.0. The number of aryl methyl sites for hydroxylation is 1. The summed E-state index contributed by atoms with van der Waals surface area (Å²) >= 11 is 0. The van der Waals surface area contributed by atoms with Crippen LogP contribution in [0.5, 0.6) is 0 Å². The Balaban J connectivity index is 1.15. The smallest absolute Gasteiger partial charge is 0.160 e. The van der Waals surface area contributed by atoms with Crippen LogP contribution in [-0.2, 0) is 0 Å². The van der Waals surface area contributed by atoms with Crippen LogP contribution in [0.3, 0.4) is 0 Å². The predicted octanol–water partition coefficient (Wildman–Crippen LogP) is 15.3. The number of hydrogen-bond acceptors (Lipinski definition) is 2. The Morgan fingerprint density at radius 3 is 1.38 bits per heavy atom. The van der Waals surface area contributed by atoms with E-state index in [0.717, 1.165) is 61.6 Å². The SMILES string of the molecule is Cc1ccc(-c2ccc3c(c2)c2ccccc2n3-c2cc(-c3nc(-c4ccccc4)cc(-c4ccccc4)n3)ccc2-c2ccccc2-n2c3ccccc3c3ccccc32)cc1. The van der Waals surface area contributed by atoms with Crippen LogP contribution in [0.1, 0.15) is 5.56 Å². The zero-order chi connectivity index (χ0) is 41.9. The summed E-state index contributed by atoms with van der Waals surface area (Å²) in [6, 6.07) is 80.5. The first-order valence-corrected chi connectivity index (χ1v) is 21.5. The van der Waals surface area contributed by atoms with Gasteiger partial charge in [-0.3, -0.25) is 0 Å². The first-order chi connectivity index (χ1) is 31.2. The molecule has 0 aliphatic rings. The van der Waals surface area contributed by atoms with Crippen LogP contribution in [0.2, 0.25) is 0 Å². The van der Waals surface area contributed by atoms with E-state index in [9.17, 15) is 0 Å². The molecule has 3 aromatic heterocycles. The van der Waals surface area contributed by atoms with E-state index in [1.54, 1.807) is 0 Å². The van der Waals surface area contributed by atoms with Crippen LogP contribution in [0.15, 0.2) is 224 Å². The van der Waals surface area contributed by atoms with E-state index in [1.165, 1.54) is 49.3 Å². The minimum Gasteiger partial charge on any atom is -0.309 e.